The summed E-state index contributed by atoms with van der Waals surface area (Å²) in [7, 11) is 2.14. The number of hydrogen-bond acceptors (Lipinski definition) is 3. The number of amides is 1. The molecule has 1 aromatic heterocycles. The quantitative estimate of drug-likeness (QED) is 0.582. The van der Waals surface area contributed by atoms with Crippen molar-refractivity contribution in [2.75, 3.05) is 20.1 Å². The lowest BCUT2D eigenvalue weighted by atomic mass is 10.2. The van der Waals surface area contributed by atoms with Gasteiger partial charge in [0, 0.05) is 18.0 Å². The van der Waals surface area contributed by atoms with Gasteiger partial charge >= 0.3 is 0 Å². The molecule has 3 nitrogen and oxygen atoms in total. The van der Waals surface area contributed by atoms with Gasteiger partial charge in [-0.25, -0.2) is 0 Å². The molecule has 0 spiro atoms. The molecule has 0 aliphatic heterocycles. The largest absolute Gasteiger partial charge is 0.352 e. The fourth-order valence-corrected chi connectivity index (χ4v) is 2.80. The molecule has 1 aromatic rings. The Bertz CT molecular complexity index is 379. The third kappa shape index (κ3) is 5.67. The number of carbonyl (C=O) groups is 1. The molecule has 102 valence electrons. The molecule has 0 aliphatic carbocycles. The molecule has 1 heterocycles. The molecule has 0 saturated carbocycles. The molecule has 0 radical (unpaired) electrons. The van der Waals surface area contributed by atoms with E-state index in [1.54, 1.807) is 11.3 Å². The van der Waals surface area contributed by atoms with E-state index >= 15 is 0 Å². The highest BCUT2D eigenvalue weighted by Crippen LogP contribution is 2.16. The third-order valence-corrected chi connectivity index (χ3v) is 4.72. The van der Waals surface area contributed by atoms with Gasteiger partial charge in [-0.05, 0) is 68.9 Å². The third-order valence-electron chi connectivity index (χ3n) is 2.93. The summed E-state index contributed by atoms with van der Waals surface area (Å²) >= 11 is 3.83. The lowest BCUT2D eigenvalue weighted by molar-refractivity contribution is 0.0953. The van der Waals surface area contributed by atoms with Gasteiger partial charge in [0.1, 0.15) is 0 Å². The Labute approximate surface area is 127 Å². The van der Waals surface area contributed by atoms with Crippen molar-refractivity contribution >= 4 is 39.8 Å². The zero-order valence-electron chi connectivity index (χ0n) is 11.2. The van der Waals surface area contributed by atoms with Crippen LogP contribution < -0.4 is 5.32 Å². The van der Waals surface area contributed by atoms with E-state index in [4.69, 9.17) is 0 Å². The minimum atomic E-state index is 0.0476. The fourth-order valence-electron chi connectivity index (χ4n) is 1.48. The van der Waals surface area contributed by atoms with Crippen molar-refractivity contribution in [2.24, 2.45) is 0 Å². The molecule has 0 aliphatic rings. The molecule has 0 unspecified atom stereocenters. The highest BCUT2D eigenvalue weighted by atomic mass is 127. The van der Waals surface area contributed by atoms with E-state index < -0.39 is 0 Å². The molecule has 0 aromatic carbocycles. The summed E-state index contributed by atoms with van der Waals surface area (Å²) in [5, 5.41) is 4.87. The van der Waals surface area contributed by atoms with Gasteiger partial charge in [0.15, 0.2) is 0 Å². The maximum Gasteiger partial charge on any atom is 0.252 e. The molecule has 0 fully saturated rings. The van der Waals surface area contributed by atoms with Gasteiger partial charge < -0.3 is 10.2 Å². The van der Waals surface area contributed by atoms with Gasteiger partial charge in [-0.15, -0.1) is 11.3 Å². The average molecular weight is 380 g/mol. The second kappa shape index (κ2) is 8.12. The van der Waals surface area contributed by atoms with E-state index in [0.717, 1.165) is 34.4 Å². The Morgan fingerprint density at radius 1 is 1.50 bits per heavy atom. The number of thiophene rings is 1. The molecule has 0 bridgehead atoms. The molecule has 1 rings (SSSR count). The molecular formula is C13H21IN2OS. The predicted octanol–water partition coefficient (Wildman–Crippen LogP) is 3.20. The van der Waals surface area contributed by atoms with Crippen molar-refractivity contribution in [3.63, 3.8) is 0 Å². The highest BCUT2D eigenvalue weighted by Gasteiger charge is 2.07. The molecule has 1 N–H and O–H groups in total. The van der Waals surface area contributed by atoms with E-state index in [1.807, 2.05) is 11.4 Å². The van der Waals surface area contributed by atoms with Crippen LogP contribution >= 0.6 is 33.9 Å². The summed E-state index contributed by atoms with van der Waals surface area (Å²) in [6, 6.07) is 2.51. The van der Waals surface area contributed by atoms with E-state index in [1.165, 1.54) is 0 Å². The summed E-state index contributed by atoms with van der Waals surface area (Å²) in [5.41, 5.74) is 0.781. The summed E-state index contributed by atoms with van der Waals surface area (Å²) in [6.45, 7) is 6.24. The minimum absolute atomic E-state index is 0.0476. The van der Waals surface area contributed by atoms with Gasteiger partial charge in [-0.2, -0.15) is 0 Å². The van der Waals surface area contributed by atoms with Gasteiger partial charge in [0.05, 0.1) is 8.45 Å². The van der Waals surface area contributed by atoms with Crippen LogP contribution in [-0.2, 0) is 0 Å². The first-order chi connectivity index (χ1) is 8.50. The zero-order valence-corrected chi connectivity index (χ0v) is 14.2. The lowest BCUT2D eigenvalue weighted by Gasteiger charge is -2.20. The number of nitrogens with one attached hydrogen (secondary N) is 1. The molecular weight excluding hydrogens is 359 g/mol. The van der Waals surface area contributed by atoms with Crippen LogP contribution in [0.5, 0.6) is 0 Å². The summed E-state index contributed by atoms with van der Waals surface area (Å²) < 4.78 is 1.15. The molecule has 0 atom stereocenters. The van der Waals surface area contributed by atoms with Crippen molar-refractivity contribution in [1.82, 2.24) is 10.2 Å². The normalized spacial score (nSPS) is 11.2. The fraction of sp³-hybridized carbons (Fsp3) is 0.615. The van der Waals surface area contributed by atoms with Crippen molar-refractivity contribution in [1.29, 1.82) is 0 Å². The van der Waals surface area contributed by atoms with Gasteiger partial charge in [0.2, 0.25) is 0 Å². The zero-order chi connectivity index (χ0) is 13.5. The van der Waals surface area contributed by atoms with Crippen LogP contribution in [0.4, 0.5) is 0 Å². The maximum atomic E-state index is 11.7. The number of nitrogens with zero attached hydrogens (tertiary/aromatic N) is 1. The number of carbonyl (C=O) groups excluding carboxylic acids is 1. The van der Waals surface area contributed by atoms with Gasteiger partial charge in [0.25, 0.3) is 5.91 Å². The molecule has 18 heavy (non-hydrogen) atoms. The van der Waals surface area contributed by atoms with Gasteiger partial charge in [-0.1, -0.05) is 0 Å². The van der Waals surface area contributed by atoms with Crippen LogP contribution in [0.2, 0.25) is 0 Å². The van der Waals surface area contributed by atoms with Crippen LogP contribution in [0.1, 0.15) is 37.0 Å². The van der Waals surface area contributed by atoms with Crippen molar-refractivity contribution in [2.45, 2.75) is 32.7 Å². The van der Waals surface area contributed by atoms with E-state index in [9.17, 15) is 4.79 Å². The predicted molar refractivity (Wildman–Crippen MR) is 86.4 cm³/mol. The Kier molecular flexibility index (Phi) is 7.18. The summed E-state index contributed by atoms with van der Waals surface area (Å²) in [6.07, 6.45) is 2.15. The molecule has 0 saturated heterocycles. The number of hydrogen-bond donors (Lipinski definition) is 1. The number of rotatable bonds is 7. The van der Waals surface area contributed by atoms with Crippen LogP contribution in [0.3, 0.4) is 0 Å². The van der Waals surface area contributed by atoms with E-state index in [2.05, 4.69) is 53.7 Å². The van der Waals surface area contributed by atoms with Crippen LogP contribution in [0, 0.1) is 2.88 Å². The highest BCUT2D eigenvalue weighted by molar-refractivity contribution is 14.1. The number of halogens is 1. The monoisotopic (exact) mass is 380 g/mol. The van der Waals surface area contributed by atoms with E-state index in [0.29, 0.717) is 6.04 Å². The van der Waals surface area contributed by atoms with Crippen LogP contribution in [-0.4, -0.2) is 37.0 Å². The van der Waals surface area contributed by atoms with Crippen LogP contribution in [0.15, 0.2) is 11.4 Å². The van der Waals surface area contributed by atoms with Gasteiger partial charge in [-0.3, -0.25) is 4.79 Å². The smallest absolute Gasteiger partial charge is 0.252 e. The second-order valence-electron chi connectivity index (χ2n) is 4.68. The standard InChI is InChI=1S/C13H21IN2OS/c1-10(2)16(3)7-5-4-6-15-13(17)11-8-12(14)18-9-11/h8-10H,4-7H2,1-3H3,(H,15,17). The van der Waals surface area contributed by atoms with Crippen molar-refractivity contribution in [3.8, 4) is 0 Å². The first-order valence-corrected chi connectivity index (χ1v) is 8.19. The Morgan fingerprint density at radius 3 is 2.78 bits per heavy atom. The Hall–Kier alpha value is -0.140. The topological polar surface area (TPSA) is 32.3 Å². The Balaban J connectivity index is 2.13. The minimum Gasteiger partial charge on any atom is -0.352 e. The molecule has 5 heteroatoms. The lowest BCUT2D eigenvalue weighted by Crippen LogP contribution is -2.28. The second-order valence-corrected chi connectivity index (χ2v) is 7.48. The average Bonchev–Trinajstić information content (AvgIpc) is 2.74. The van der Waals surface area contributed by atoms with Crippen molar-refractivity contribution < 1.29 is 4.79 Å². The first-order valence-electron chi connectivity index (χ1n) is 6.23. The summed E-state index contributed by atoms with van der Waals surface area (Å²) in [4.78, 5) is 14.1. The SMILES string of the molecule is CC(C)N(C)CCCCNC(=O)c1csc(I)c1. The molecule has 1 amide bonds. The van der Waals surface area contributed by atoms with Crippen molar-refractivity contribution in [3.05, 3.63) is 19.9 Å². The summed E-state index contributed by atoms with van der Waals surface area (Å²) in [5.74, 6) is 0.0476. The Morgan fingerprint density at radius 2 is 2.22 bits per heavy atom. The van der Waals surface area contributed by atoms with E-state index in [-0.39, 0.29) is 5.91 Å². The maximum absolute atomic E-state index is 11.7. The first kappa shape index (κ1) is 15.9. The number of unbranched alkanes of at least 4 members (excludes halogenated alkanes) is 1. The van der Waals surface area contributed by atoms with Crippen LogP contribution in [0.25, 0.3) is 0 Å².